The summed E-state index contributed by atoms with van der Waals surface area (Å²) in [7, 11) is 1.27. The topological polar surface area (TPSA) is 94.4 Å². The molecule has 0 fully saturated rings. The van der Waals surface area contributed by atoms with Crippen molar-refractivity contribution < 1.29 is 14.5 Å². The maximum atomic E-state index is 12.7. The van der Waals surface area contributed by atoms with Gasteiger partial charge in [-0.05, 0) is 37.1 Å². The largest absolute Gasteiger partial charge is 0.466 e. The van der Waals surface area contributed by atoms with E-state index in [4.69, 9.17) is 4.74 Å². The minimum atomic E-state index is -0.889. The van der Waals surface area contributed by atoms with Crippen LogP contribution >= 0.6 is 0 Å². The minimum absolute atomic E-state index is 0.0800. The Morgan fingerprint density at radius 1 is 1.06 bits per heavy atom. The number of hydrogen-bond acceptors (Lipinski definition) is 6. The van der Waals surface area contributed by atoms with Crippen molar-refractivity contribution in [3.05, 3.63) is 99.1 Å². The molecule has 1 aliphatic rings. The summed E-state index contributed by atoms with van der Waals surface area (Å²) in [6.07, 6.45) is 1.78. The number of carbonyl (C=O) groups excluding carboxylic acids is 1. The van der Waals surface area contributed by atoms with E-state index in [-0.39, 0.29) is 11.3 Å². The molecule has 1 aromatic heterocycles. The van der Waals surface area contributed by atoms with Crippen molar-refractivity contribution in [3.8, 4) is 11.1 Å². The summed E-state index contributed by atoms with van der Waals surface area (Å²) < 4.78 is 4.98. The number of nitrogens with zero attached hydrogens (tertiary/aromatic N) is 2. The number of pyridine rings is 1. The number of benzene rings is 2. The van der Waals surface area contributed by atoms with Gasteiger partial charge in [0.15, 0.2) is 0 Å². The number of esters is 1. The van der Waals surface area contributed by atoms with Gasteiger partial charge in [0.25, 0.3) is 5.70 Å². The number of carbonyl (C=O) groups is 1. The molecule has 0 spiro atoms. The van der Waals surface area contributed by atoms with Gasteiger partial charge in [-0.15, -0.1) is 0 Å². The van der Waals surface area contributed by atoms with Crippen molar-refractivity contribution in [2.24, 2.45) is 0 Å². The average Bonchev–Trinajstić information content (AvgIpc) is 2.77. The van der Waals surface area contributed by atoms with Gasteiger partial charge in [-0.3, -0.25) is 15.1 Å². The van der Waals surface area contributed by atoms with Crippen molar-refractivity contribution in [1.82, 2.24) is 10.3 Å². The predicted molar refractivity (Wildman–Crippen MR) is 117 cm³/mol. The molecule has 1 atom stereocenters. The quantitative estimate of drug-likeness (QED) is 0.382. The summed E-state index contributed by atoms with van der Waals surface area (Å²) in [5.74, 6) is -1.49. The normalized spacial score (nSPS) is 16.3. The van der Waals surface area contributed by atoms with Gasteiger partial charge in [0, 0.05) is 22.8 Å². The zero-order chi connectivity index (χ0) is 22.1. The second kappa shape index (κ2) is 8.02. The molecule has 1 aliphatic heterocycles. The second-order valence-electron chi connectivity index (χ2n) is 7.36. The first-order chi connectivity index (χ1) is 14.9. The second-order valence-corrected chi connectivity index (χ2v) is 7.36. The molecule has 1 N–H and O–H groups in total. The molecule has 7 nitrogen and oxygen atoms in total. The summed E-state index contributed by atoms with van der Waals surface area (Å²) in [5.41, 5.74) is 4.26. The van der Waals surface area contributed by atoms with Crippen LogP contribution in [0.25, 0.3) is 22.0 Å². The third-order valence-corrected chi connectivity index (χ3v) is 5.50. The summed E-state index contributed by atoms with van der Waals surface area (Å²) in [6.45, 7) is 3.36. The molecule has 0 radical (unpaired) electrons. The average molecular weight is 415 g/mol. The molecule has 31 heavy (non-hydrogen) atoms. The van der Waals surface area contributed by atoms with Crippen LogP contribution in [0.1, 0.15) is 25.3 Å². The fourth-order valence-corrected chi connectivity index (χ4v) is 4.12. The maximum Gasteiger partial charge on any atom is 0.336 e. The van der Waals surface area contributed by atoms with Gasteiger partial charge in [0.05, 0.1) is 28.8 Å². The molecular formula is C24H21N3O4. The Labute approximate surface area is 179 Å². The first-order valence-corrected chi connectivity index (χ1v) is 9.77. The SMILES string of the molecule is COC(=O)C1=C(C)NC(C)=C([N+](=O)[O-])C1c1cccc2ncc(-c3ccccc3)cc12. The Bertz CT molecular complexity index is 1260. The molecular weight excluding hydrogens is 394 g/mol. The Kier molecular flexibility index (Phi) is 5.25. The number of aromatic nitrogens is 1. The van der Waals surface area contributed by atoms with E-state index in [0.29, 0.717) is 22.5 Å². The lowest BCUT2D eigenvalue weighted by molar-refractivity contribution is -0.431. The van der Waals surface area contributed by atoms with Crippen LogP contribution in [0.4, 0.5) is 0 Å². The van der Waals surface area contributed by atoms with Crippen LogP contribution in [0.15, 0.2) is 83.5 Å². The van der Waals surface area contributed by atoms with E-state index in [1.165, 1.54) is 7.11 Å². The monoisotopic (exact) mass is 415 g/mol. The molecule has 7 heteroatoms. The zero-order valence-corrected chi connectivity index (χ0v) is 17.4. The highest BCUT2D eigenvalue weighted by Crippen LogP contribution is 2.41. The van der Waals surface area contributed by atoms with Crippen LogP contribution in [0.2, 0.25) is 0 Å². The van der Waals surface area contributed by atoms with Crippen molar-refractivity contribution in [3.63, 3.8) is 0 Å². The third kappa shape index (κ3) is 3.54. The number of hydrogen-bond donors (Lipinski definition) is 1. The fourth-order valence-electron chi connectivity index (χ4n) is 4.12. The van der Waals surface area contributed by atoms with Gasteiger partial charge in [0.1, 0.15) is 5.92 Å². The number of methoxy groups -OCH3 is 1. The van der Waals surface area contributed by atoms with Gasteiger partial charge >= 0.3 is 5.97 Å². The zero-order valence-electron chi connectivity index (χ0n) is 17.4. The highest BCUT2D eigenvalue weighted by molar-refractivity contribution is 5.95. The van der Waals surface area contributed by atoms with Crippen LogP contribution in [0.3, 0.4) is 0 Å². The van der Waals surface area contributed by atoms with E-state index in [9.17, 15) is 14.9 Å². The predicted octanol–water partition coefficient (Wildman–Crippen LogP) is 4.54. The highest BCUT2D eigenvalue weighted by atomic mass is 16.6. The number of ether oxygens (including phenoxy) is 1. The van der Waals surface area contributed by atoms with Crippen molar-refractivity contribution in [2.75, 3.05) is 7.11 Å². The Morgan fingerprint density at radius 3 is 2.48 bits per heavy atom. The third-order valence-electron chi connectivity index (χ3n) is 5.50. The van der Waals surface area contributed by atoms with E-state index in [2.05, 4.69) is 10.3 Å². The van der Waals surface area contributed by atoms with E-state index >= 15 is 0 Å². The summed E-state index contributed by atoms with van der Waals surface area (Å²) in [4.78, 5) is 28.9. The molecule has 0 bridgehead atoms. The molecule has 3 aromatic rings. The molecule has 2 aromatic carbocycles. The van der Waals surface area contributed by atoms with Crippen LogP contribution in [0.5, 0.6) is 0 Å². The Hall–Kier alpha value is -4.00. The van der Waals surface area contributed by atoms with Crippen LogP contribution in [0, 0.1) is 10.1 Å². The van der Waals surface area contributed by atoms with Gasteiger partial charge in [-0.2, -0.15) is 0 Å². The number of allylic oxidation sites excluding steroid dienone is 3. The van der Waals surface area contributed by atoms with Gasteiger partial charge in [0.2, 0.25) is 0 Å². The van der Waals surface area contributed by atoms with E-state index in [1.807, 2.05) is 48.5 Å². The number of dihydropyridines is 1. The summed E-state index contributed by atoms with van der Waals surface area (Å²) in [6, 6.07) is 17.2. The molecule has 0 aliphatic carbocycles. The Morgan fingerprint density at radius 2 is 1.81 bits per heavy atom. The summed E-state index contributed by atoms with van der Waals surface area (Å²) >= 11 is 0. The highest BCUT2D eigenvalue weighted by Gasteiger charge is 2.41. The number of nitrogens with one attached hydrogen (secondary N) is 1. The van der Waals surface area contributed by atoms with Gasteiger partial charge in [-0.25, -0.2) is 4.79 Å². The number of rotatable bonds is 4. The molecule has 0 saturated heterocycles. The lowest BCUT2D eigenvalue weighted by atomic mass is 9.82. The standard InChI is InChI=1S/C24H21N3O4/c1-14-21(24(28)31-3)22(23(27(29)30)15(2)26-14)18-10-7-11-20-19(18)12-17(13-25-20)16-8-5-4-6-9-16/h4-13,22,26H,1-3H3. The van der Waals surface area contributed by atoms with Crippen molar-refractivity contribution >= 4 is 16.9 Å². The number of fused-ring (bicyclic) bond motifs is 1. The van der Waals surface area contributed by atoms with Crippen molar-refractivity contribution in [2.45, 2.75) is 19.8 Å². The maximum absolute atomic E-state index is 12.7. The van der Waals surface area contributed by atoms with Crippen LogP contribution in [-0.4, -0.2) is 23.0 Å². The van der Waals surface area contributed by atoms with Crippen LogP contribution in [-0.2, 0) is 9.53 Å². The van der Waals surface area contributed by atoms with Gasteiger partial charge in [-0.1, -0.05) is 42.5 Å². The molecule has 1 unspecified atom stereocenters. The Balaban J connectivity index is 2.01. The van der Waals surface area contributed by atoms with E-state index in [1.54, 1.807) is 26.1 Å². The van der Waals surface area contributed by atoms with E-state index in [0.717, 1.165) is 16.5 Å². The molecule has 156 valence electrons. The molecule has 0 saturated carbocycles. The van der Waals surface area contributed by atoms with Crippen molar-refractivity contribution in [1.29, 1.82) is 0 Å². The lowest BCUT2D eigenvalue weighted by Crippen LogP contribution is -2.31. The smallest absolute Gasteiger partial charge is 0.336 e. The fraction of sp³-hybridized carbons (Fsp3) is 0.167. The molecule has 4 rings (SSSR count). The molecule has 2 heterocycles. The first kappa shape index (κ1) is 20.3. The van der Waals surface area contributed by atoms with Gasteiger partial charge < -0.3 is 10.1 Å². The molecule has 0 amide bonds. The first-order valence-electron chi connectivity index (χ1n) is 9.77. The number of nitro groups is 1. The lowest BCUT2D eigenvalue weighted by Gasteiger charge is -2.27. The van der Waals surface area contributed by atoms with Crippen LogP contribution < -0.4 is 5.32 Å². The summed E-state index contributed by atoms with van der Waals surface area (Å²) in [5, 5.41) is 15.8. The van der Waals surface area contributed by atoms with E-state index < -0.39 is 16.8 Å². The minimum Gasteiger partial charge on any atom is -0.466 e.